The normalized spacial score (nSPS) is 17.1. The number of hydrogen-bond donors (Lipinski definition) is 0. The van der Waals surface area contributed by atoms with E-state index < -0.39 is 10.0 Å². The number of sulfonamides is 1. The molecule has 1 aromatic heterocycles. The Labute approximate surface area is 188 Å². The number of rotatable bonds is 3. The highest BCUT2D eigenvalue weighted by atomic mass is 35.5. The molecule has 2 aromatic carbocycles. The van der Waals surface area contributed by atoms with Gasteiger partial charge in [0, 0.05) is 42.3 Å². The fourth-order valence-electron chi connectivity index (χ4n) is 3.76. The zero-order chi connectivity index (χ0) is 21.6. The number of amides is 1. The van der Waals surface area contributed by atoms with E-state index in [1.807, 2.05) is 24.3 Å². The molecule has 1 amide bonds. The van der Waals surface area contributed by atoms with Gasteiger partial charge in [-0.25, -0.2) is 8.42 Å². The minimum atomic E-state index is -3.70. The molecule has 31 heavy (non-hydrogen) atoms. The van der Waals surface area contributed by atoms with Crippen LogP contribution in [0.2, 0.25) is 5.02 Å². The van der Waals surface area contributed by atoms with Gasteiger partial charge < -0.3 is 14.4 Å². The molecule has 5 rings (SSSR count). The largest absolute Gasteiger partial charge is 0.486 e. The predicted molar refractivity (Wildman–Crippen MR) is 119 cm³/mol. The maximum Gasteiger partial charge on any atom is 0.265 e. The summed E-state index contributed by atoms with van der Waals surface area (Å²) in [5, 5.41) is 1.31. The molecule has 0 aliphatic carbocycles. The molecule has 0 unspecified atom stereocenters. The Morgan fingerprint density at radius 3 is 2.42 bits per heavy atom. The molecule has 3 aromatic rings. The number of nitrogens with zero attached hydrogens (tertiary/aromatic N) is 2. The van der Waals surface area contributed by atoms with Gasteiger partial charge in [0.05, 0.1) is 9.92 Å². The van der Waals surface area contributed by atoms with Gasteiger partial charge in [-0.3, -0.25) is 4.79 Å². The number of benzene rings is 2. The van der Waals surface area contributed by atoms with E-state index in [1.54, 1.807) is 11.0 Å². The summed E-state index contributed by atoms with van der Waals surface area (Å²) >= 11 is 7.81. The average molecular weight is 479 g/mol. The number of piperazine rings is 1. The third-order valence-corrected chi connectivity index (χ3v) is 8.96. The molecule has 0 spiro atoms. The van der Waals surface area contributed by atoms with Crippen molar-refractivity contribution in [1.29, 1.82) is 0 Å². The minimum Gasteiger partial charge on any atom is -0.486 e. The van der Waals surface area contributed by atoms with Gasteiger partial charge in [-0.2, -0.15) is 4.31 Å². The van der Waals surface area contributed by atoms with Crippen LogP contribution in [-0.2, 0) is 10.0 Å². The van der Waals surface area contributed by atoms with Crippen LogP contribution in [0.1, 0.15) is 9.67 Å². The van der Waals surface area contributed by atoms with Crippen molar-refractivity contribution in [2.24, 2.45) is 0 Å². The fourth-order valence-corrected chi connectivity index (χ4v) is 6.68. The number of carbonyl (C=O) groups excluding carboxylic acids is 1. The SMILES string of the molecule is O=C(c1sc2ccccc2c1Cl)N1CCN(S(=O)(=O)c2ccc3c(c2)OCCO3)CC1. The standard InChI is InChI=1S/C21H19ClN2O5S2/c22-19-15-3-1-2-4-18(15)30-20(19)21(25)23-7-9-24(10-8-23)31(26,27)14-5-6-16-17(13-14)29-12-11-28-16/h1-6,13H,7-12H2. The van der Waals surface area contributed by atoms with Crippen LogP contribution in [-0.4, -0.2) is 62.9 Å². The molecule has 162 valence electrons. The number of carbonyl (C=O) groups is 1. The van der Waals surface area contributed by atoms with Crippen LogP contribution in [0.15, 0.2) is 47.4 Å². The number of fused-ring (bicyclic) bond motifs is 2. The molecule has 2 aliphatic heterocycles. The summed E-state index contributed by atoms with van der Waals surface area (Å²) in [4.78, 5) is 15.3. The molecule has 0 radical (unpaired) electrons. The molecular formula is C21H19ClN2O5S2. The van der Waals surface area contributed by atoms with E-state index in [0.717, 1.165) is 10.1 Å². The third kappa shape index (κ3) is 3.65. The van der Waals surface area contributed by atoms with Gasteiger partial charge >= 0.3 is 0 Å². The van der Waals surface area contributed by atoms with Gasteiger partial charge in [0.15, 0.2) is 11.5 Å². The van der Waals surface area contributed by atoms with Crippen LogP contribution in [0.5, 0.6) is 11.5 Å². The van der Waals surface area contributed by atoms with Crippen molar-refractivity contribution in [3.63, 3.8) is 0 Å². The smallest absolute Gasteiger partial charge is 0.265 e. The van der Waals surface area contributed by atoms with Crippen molar-refractivity contribution in [2.75, 3.05) is 39.4 Å². The Balaban J connectivity index is 1.31. The van der Waals surface area contributed by atoms with Crippen molar-refractivity contribution < 1.29 is 22.7 Å². The second kappa shape index (κ2) is 7.98. The van der Waals surface area contributed by atoms with Gasteiger partial charge in [-0.1, -0.05) is 29.8 Å². The van der Waals surface area contributed by atoms with E-state index in [0.29, 0.717) is 47.7 Å². The Morgan fingerprint density at radius 1 is 0.968 bits per heavy atom. The summed E-state index contributed by atoms with van der Waals surface area (Å²) in [5.41, 5.74) is 0. The summed E-state index contributed by atoms with van der Waals surface area (Å²) < 4.78 is 39.5. The van der Waals surface area contributed by atoms with E-state index in [9.17, 15) is 13.2 Å². The first-order chi connectivity index (χ1) is 14.9. The zero-order valence-electron chi connectivity index (χ0n) is 16.4. The first-order valence-corrected chi connectivity index (χ1v) is 12.4. The molecule has 7 nitrogen and oxygen atoms in total. The molecular weight excluding hydrogens is 460 g/mol. The highest BCUT2D eigenvalue weighted by Crippen LogP contribution is 2.36. The van der Waals surface area contributed by atoms with Gasteiger partial charge in [-0.15, -0.1) is 11.3 Å². The molecule has 1 saturated heterocycles. The maximum atomic E-state index is 13.1. The molecule has 0 N–H and O–H groups in total. The van der Waals surface area contributed by atoms with Crippen LogP contribution in [0.3, 0.4) is 0 Å². The lowest BCUT2D eigenvalue weighted by Crippen LogP contribution is -2.50. The van der Waals surface area contributed by atoms with E-state index >= 15 is 0 Å². The number of ether oxygens (including phenoxy) is 2. The van der Waals surface area contributed by atoms with E-state index in [4.69, 9.17) is 21.1 Å². The van der Waals surface area contributed by atoms with Gasteiger partial charge in [0.25, 0.3) is 5.91 Å². The summed E-state index contributed by atoms with van der Waals surface area (Å²) in [6, 6.07) is 12.3. The van der Waals surface area contributed by atoms with Crippen LogP contribution in [0.4, 0.5) is 0 Å². The lowest BCUT2D eigenvalue weighted by Gasteiger charge is -2.34. The molecule has 10 heteroatoms. The fraction of sp³-hybridized carbons (Fsp3) is 0.286. The zero-order valence-corrected chi connectivity index (χ0v) is 18.8. The maximum absolute atomic E-state index is 13.1. The van der Waals surface area contributed by atoms with Gasteiger partial charge in [-0.05, 0) is 18.2 Å². The predicted octanol–water partition coefficient (Wildman–Crippen LogP) is 3.47. The molecule has 0 saturated carbocycles. The van der Waals surface area contributed by atoms with Gasteiger partial charge in [0.2, 0.25) is 10.0 Å². The highest BCUT2D eigenvalue weighted by Gasteiger charge is 2.32. The Kier molecular flexibility index (Phi) is 5.29. The molecule has 3 heterocycles. The lowest BCUT2D eigenvalue weighted by atomic mass is 10.2. The van der Waals surface area contributed by atoms with Crippen molar-refractivity contribution in [1.82, 2.24) is 9.21 Å². The van der Waals surface area contributed by atoms with Crippen molar-refractivity contribution >= 4 is 49.0 Å². The van der Waals surface area contributed by atoms with Crippen molar-refractivity contribution in [2.45, 2.75) is 4.90 Å². The van der Waals surface area contributed by atoms with Crippen LogP contribution in [0, 0.1) is 0 Å². The number of hydrogen-bond acceptors (Lipinski definition) is 6. The summed E-state index contributed by atoms with van der Waals surface area (Å²) in [6.07, 6.45) is 0. The second-order valence-electron chi connectivity index (χ2n) is 7.24. The highest BCUT2D eigenvalue weighted by molar-refractivity contribution is 7.89. The lowest BCUT2D eigenvalue weighted by molar-refractivity contribution is 0.0703. The Bertz CT molecular complexity index is 1270. The molecule has 1 fully saturated rings. The molecule has 0 atom stereocenters. The van der Waals surface area contributed by atoms with Crippen molar-refractivity contribution in [3.05, 3.63) is 52.4 Å². The average Bonchev–Trinajstić information content (AvgIpc) is 3.15. The summed E-state index contributed by atoms with van der Waals surface area (Å²) in [6.45, 7) is 1.85. The minimum absolute atomic E-state index is 0.157. The first-order valence-electron chi connectivity index (χ1n) is 9.81. The summed E-state index contributed by atoms with van der Waals surface area (Å²) in [5.74, 6) is 0.809. The third-order valence-electron chi connectivity index (χ3n) is 5.41. The van der Waals surface area contributed by atoms with Gasteiger partial charge in [0.1, 0.15) is 18.1 Å². The van der Waals surface area contributed by atoms with E-state index in [-0.39, 0.29) is 23.9 Å². The van der Waals surface area contributed by atoms with Crippen molar-refractivity contribution in [3.8, 4) is 11.5 Å². The molecule has 2 aliphatic rings. The number of halogens is 1. The van der Waals surface area contributed by atoms with Crippen LogP contribution >= 0.6 is 22.9 Å². The van der Waals surface area contributed by atoms with Crippen LogP contribution in [0.25, 0.3) is 10.1 Å². The summed E-state index contributed by atoms with van der Waals surface area (Å²) in [7, 11) is -3.70. The number of thiophene rings is 1. The second-order valence-corrected chi connectivity index (χ2v) is 10.6. The van der Waals surface area contributed by atoms with Crippen LogP contribution < -0.4 is 9.47 Å². The topological polar surface area (TPSA) is 76.2 Å². The monoisotopic (exact) mass is 478 g/mol. The Hall–Kier alpha value is -2.33. The Morgan fingerprint density at radius 2 is 1.68 bits per heavy atom. The molecule has 0 bridgehead atoms. The quantitative estimate of drug-likeness (QED) is 0.576. The van der Waals surface area contributed by atoms with E-state index in [2.05, 4.69) is 0 Å². The first kappa shape index (κ1) is 20.6. The van der Waals surface area contributed by atoms with E-state index in [1.165, 1.54) is 27.8 Å².